The van der Waals surface area contributed by atoms with Gasteiger partial charge in [-0.25, -0.2) is 5.48 Å². The molecule has 0 bridgehead atoms. The number of hydrogen-bond acceptors (Lipinski definition) is 5. The van der Waals surface area contributed by atoms with E-state index in [-0.39, 0.29) is 5.91 Å². The maximum atomic E-state index is 12.5. The third-order valence-corrected chi connectivity index (χ3v) is 4.08. The summed E-state index contributed by atoms with van der Waals surface area (Å²) in [5.41, 5.74) is 1.96. The Balaban J connectivity index is 1.85. The van der Waals surface area contributed by atoms with Gasteiger partial charge in [0.15, 0.2) is 5.72 Å². The molecule has 1 saturated heterocycles. The number of hydrogen-bond donors (Lipinski definition) is 3. The van der Waals surface area contributed by atoms with Gasteiger partial charge in [-0.05, 0) is 43.8 Å². The highest BCUT2D eigenvalue weighted by atomic mass is 16.5. The third-order valence-electron chi connectivity index (χ3n) is 4.08. The lowest BCUT2D eigenvalue weighted by Gasteiger charge is -2.44. The van der Waals surface area contributed by atoms with Crippen molar-refractivity contribution in [2.75, 3.05) is 20.1 Å². The van der Waals surface area contributed by atoms with E-state index in [0.29, 0.717) is 23.4 Å². The van der Waals surface area contributed by atoms with E-state index in [0.717, 1.165) is 19.4 Å². The number of likely N-dealkylation sites (tertiary alicyclic amines) is 1. The average molecular weight is 317 g/mol. The number of ether oxygens (including phenoxy) is 1. The number of nitrogens with zero attached hydrogens (tertiary/aromatic N) is 1. The van der Waals surface area contributed by atoms with Crippen molar-refractivity contribution < 1.29 is 19.5 Å². The molecule has 2 aliphatic heterocycles. The molecule has 1 aromatic rings. The number of carbonyl (C=O) groups excluding carboxylic acids is 2. The fraction of sp³-hybridized carbons (Fsp3) is 0.375. The number of fused-ring (bicyclic) bond motifs is 1. The van der Waals surface area contributed by atoms with Gasteiger partial charge in [0, 0.05) is 12.5 Å². The standard InChI is InChI=1S/C16H19N3O4/c1-19-8-2-7-16(10-19)17-15(21)12-9-11(3-5-13(12)23-16)4-6-14(20)18-22/h3-6,9,22H,2,7-8,10H2,1H3,(H,17,21)(H,18,20). The molecule has 7 nitrogen and oxygen atoms in total. The van der Waals surface area contributed by atoms with Crippen molar-refractivity contribution in [3.05, 3.63) is 35.4 Å². The van der Waals surface area contributed by atoms with Crippen LogP contribution < -0.4 is 15.5 Å². The zero-order valence-corrected chi connectivity index (χ0v) is 12.8. The molecule has 1 unspecified atom stereocenters. The molecule has 122 valence electrons. The largest absolute Gasteiger partial charge is 0.466 e. The molecule has 2 aliphatic rings. The fourth-order valence-corrected chi connectivity index (χ4v) is 3.05. The predicted molar refractivity (Wildman–Crippen MR) is 83.0 cm³/mol. The first-order valence-corrected chi connectivity index (χ1v) is 7.48. The Hall–Kier alpha value is -2.38. The molecule has 7 heteroatoms. The summed E-state index contributed by atoms with van der Waals surface area (Å²) in [6.07, 6.45) is 4.43. The Morgan fingerprint density at radius 2 is 2.35 bits per heavy atom. The topological polar surface area (TPSA) is 90.9 Å². The molecule has 1 atom stereocenters. The van der Waals surface area contributed by atoms with Crippen LogP contribution in [0.4, 0.5) is 0 Å². The van der Waals surface area contributed by atoms with E-state index in [1.54, 1.807) is 18.2 Å². The lowest BCUT2D eigenvalue weighted by molar-refractivity contribution is -0.124. The second-order valence-electron chi connectivity index (χ2n) is 5.96. The van der Waals surface area contributed by atoms with Gasteiger partial charge in [-0.15, -0.1) is 0 Å². The van der Waals surface area contributed by atoms with E-state index < -0.39 is 11.6 Å². The molecule has 2 amide bonds. The van der Waals surface area contributed by atoms with Crippen LogP contribution in [0.5, 0.6) is 5.75 Å². The molecule has 0 aromatic heterocycles. The SMILES string of the molecule is CN1CCCC2(C1)NC(=O)c1cc(C=CC(=O)NO)ccc1O2. The lowest BCUT2D eigenvalue weighted by Crippen LogP contribution is -2.63. The third kappa shape index (κ3) is 3.20. The average Bonchev–Trinajstić information content (AvgIpc) is 2.52. The van der Waals surface area contributed by atoms with Crippen molar-refractivity contribution >= 4 is 17.9 Å². The van der Waals surface area contributed by atoms with E-state index in [1.807, 2.05) is 7.05 Å². The predicted octanol–water partition coefficient (Wildman–Crippen LogP) is 0.749. The van der Waals surface area contributed by atoms with Crippen molar-refractivity contribution in [2.24, 2.45) is 0 Å². The second-order valence-corrected chi connectivity index (χ2v) is 5.96. The zero-order chi connectivity index (χ0) is 16.4. The summed E-state index contributed by atoms with van der Waals surface area (Å²) in [6, 6.07) is 5.16. The first-order valence-electron chi connectivity index (χ1n) is 7.48. The van der Waals surface area contributed by atoms with Crippen LogP contribution in [0.15, 0.2) is 24.3 Å². The minimum atomic E-state index is -0.661. The lowest BCUT2D eigenvalue weighted by atomic mass is 9.97. The quantitative estimate of drug-likeness (QED) is 0.425. The summed E-state index contributed by atoms with van der Waals surface area (Å²) in [7, 11) is 2.01. The first kappa shape index (κ1) is 15.5. The van der Waals surface area contributed by atoms with E-state index in [1.165, 1.54) is 17.6 Å². The number of likely N-dealkylation sites (N-methyl/N-ethyl adjacent to an activating group) is 1. The number of rotatable bonds is 2. The van der Waals surface area contributed by atoms with Crippen LogP contribution in [-0.4, -0.2) is 47.8 Å². The van der Waals surface area contributed by atoms with Gasteiger partial charge in [-0.1, -0.05) is 6.07 Å². The van der Waals surface area contributed by atoms with Gasteiger partial charge >= 0.3 is 0 Å². The van der Waals surface area contributed by atoms with Gasteiger partial charge in [0.1, 0.15) is 5.75 Å². The maximum Gasteiger partial charge on any atom is 0.267 e. The van der Waals surface area contributed by atoms with Crippen molar-refractivity contribution in [3.8, 4) is 5.75 Å². The summed E-state index contributed by atoms with van der Waals surface area (Å²) in [4.78, 5) is 25.6. The first-order chi connectivity index (χ1) is 11.0. The zero-order valence-electron chi connectivity index (χ0n) is 12.8. The normalized spacial score (nSPS) is 24.2. The molecule has 1 fully saturated rings. The molecule has 0 radical (unpaired) electrons. The van der Waals surface area contributed by atoms with Crippen LogP contribution >= 0.6 is 0 Å². The van der Waals surface area contributed by atoms with E-state index >= 15 is 0 Å². The number of hydroxylamine groups is 1. The second kappa shape index (κ2) is 6.02. The molecule has 3 N–H and O–H groups in total. The van der Waals surface area contributed by atoms with Crippen molar-refractivity contribution in [1.82, 2.24) is 15.7 Å². The number of amides is 2. The van der Waals surface area contributed by atoms with Gasteiger partial charge in [0.25, 0.3) is 11.8 Å². The molecular formula is C16H19N3O4. The summed E-state index contributed by atoms with van der Waals surface area (Å²) in [5.74, 6) is -0.260. The number of piperidine rings is 1. The number of nitrogens with one attached hydrogen (secondary N) is 2. The maximum absolute atomic E-state index is 12.5. The van der Waals surface area contributed by atoms with Crippen LogP contribution in [0, 0.1) is 0 Å². The van der Waals surface area contributed by atoms with Crippen LogP contribution in [-0.2, 0) is 4.79 Å². The van der Waals surface area contributed by atoms with Gasteiger partial charge < -0.3 is 15.0 Å². The fourth-order valence-electron chi connectivity index (χ4n) is 3.05. The number of carbonyl (C=O) groups is 2. The van der Waals surface area contributed by atoms with E-state index in [9.17, 15) is 9.59 Å². The van der Waals surface area contributed by atoms with Crippen LogP contribution in [0.2, 0.25) is 0 Å². The molecule has 3 rings (SSSR count). The van der Waals surface area contributed by atoms with Crippen molar-refractivity contribution in [1.29, 1.82) is 0 Å². The highest BCUT2D eigenvalue weighted by Gasteiger charge is 2.42. The highest BCUT2D eigenvalue weighted by molar-refractivity contribution is 5.99. The minimum absolute atomic E-state index is 0.177. The molecule has 1 spiro atoms. The summed E-state index contributed by atoms with van der Waals surface area (Å²) in [6.45, 7) is 1.64. The molecule has 2 heterocycles. The summed E-state index contributed by atoms with van der Waals surface area (Å²) in [5, 5.41) is 11.4. The Bertz CT molecular complexity index is 673. The van der Waals surface area contributed by atoms with Gasteiger partial charge in [0.05, 0.1) is 12.1 Å². The van der Waals surface area contributed by atoms with Crippen molar-refractivity contribution in [3.63, 3.8) is 0 Å². The van der Waals surface area contributed by atoms with E-state index in [4.69, 9.17) is 9.94 Å². The highest BCUT2D eigenvalue weighted by Crippen LogP contribution is 2.33. The molecule has 1 aromatic carbocycles. The van der Waals surface area contributed by atoms with E-state index in [2.05, 4.69) is 10.2 Å². The van der Waals surface area contributed by atoms with Crippen molar-refractivity contribution in [2.45, 2.75) is 18.6 Å². The number of benzene rings is 1. The van der Waals surface area contributed by atoms with Crippen LogP contribution in [0.25, 0.3) is 6.08 Å². The molecule has 0 saturated carbocycles. The monoisotopic (exact) mass is 317 g/mol. The smallest absolute Gasteiger partial charge is 0.267 e. The Morgan fingerprint density at radius 3 is 3.09 bits per heavy atom. The van der Waals surface area contributed by atoms with Gasteiger partial charge in [-0.2, -0.15) is 0 Å². The molecule has 23 heavy (non-hydrogen) atoms. The Labute approximate surface area is 133 Å². The molecular weight excluding hydrogens is 298 g/mol. The Kier molecular flexibility index (Phi) is 4.06. The summed E-state index contributed by atoms with van der Waals surface area (Å²) < 4.78 is 6.09. The Morgan fingerprint density at radius 1 is 1.52 bits per heavy atom. The molecule has 0 aliphatic carbocycles. The summed E-state index contributed by atoms with van der Waals surface area (Å²) >= 11 is 0. The van der Waals surface area contributed by atoms with Crippen LogP contribution in [0.1, 0.15) is 28.8 Å². The van der Waals surface area contributed by atoms with Gasteiger partial charge in [0.2, 0.25) is 0 Å². The minimum Gasteiger partial charge on any atom is -0.466 e. The van der Waals surface area contributed by atoms with Gasteiger partial charge in [-0.3, -0.25) is 14.8 Å². The van der Waals surface area contributed by atoms with Crippen LogP contribution in [0.3, 0.4) is 0 Å².